The lowest BCUT2D eigenvalue weighted by atomic mass is 10.2. The lowest BCUT2D eigenvalue weighted by Crippen LogP contribution is -2.21. The summed E-state index contributed by atoms with van der Waals surface area (Å²) < 4.78 is 43.6. The molecule has 2 aromatic carbocycles. The lowest BCUT2D eigenvalue weighted by molar-refractivity contribution is -0.137. The molecule has 0 aliphatic rings. The molecule has 0 aliphatic heterocycles. The number of esters is 1. The van der Waals surface area contributed by atoms with Crippen LogP contribution in [0, 0.1) is 3.57 Å². The molecule has 25 heavy (non-hydrogen) atoms. The predicted octanol–water partition coefficient (Wildman–Crippen LogP) is 4.76. The standard InChI is InChI=1S/C16H10ClF3INO3/c17-11-6-5-9(16(18,19)20)7-13(11)22-14(23)8-25-15(24)10-3-1-2-4-12(10)21/h1-7H,8H2,(H,22,23). The van der Waals surface area contributed by atoms with Crippen molar-refractivity contribution in [2.45, 2.75) is 6.18 Å². The molecule has 132 valence electrons. The molecule has 0 saturated carbocycles. The fourth-order valence-electron chi connectivity index (χ4n) is 1.82. The van der Waals surface area contributed by atoms with Gasteiger partial charge in [-0.15, -0.1) is 0 Å². The molecule has 9 heteroatoms. The van der Waals surface area contributed by atoms with Gasteiger partial charge in [0.1, 0.15) is 0 Å². The Bertz CT molecular complexity index is 811. The van der Waals surface area contributed by atoms with Crippen LogP contribution in [0.4, 0.5) is 18.9 Å². The molecule has 0 aliphatic carbocycles. The Balaban J connectivity index is 2.01. The quantitative estimate of drug-likeness (QED) is 0.504. The zero-order chi connectivity index (χ0) is 18.6. The number of carbonyl (C=O) groups is 2. The average molecular weight is 484 g/mol. The Morgan fingerprint density at radius 1 is 1.16 bits per heavy atom. The number of amides is 1. The number of benzene rings is 2. The first-order valence-electron chi connectivity index (χ1n) is 6.76. The number of anilines is 1. The largest absolute Gasteiger partial charge is 0.452 e. The molecular formula is C16H10ClF3INO3. The van der Waals surface area contributed by atoms with Crippen molar-refractivity contribution in [2.75, 3.05) is 11.9 Å². The average Bonchev–Trinajstić information content (AvgIpc) is 2.54. The highest BCUT2D eigenvalue weighted by Gasteiger charge is 2.31. The van der Waals surface area contributed by atoms with E-state index in [1.54, 1.807) is 18.2 Å². The molecule has 1 N–H and O–H groups in total. The normalized spacial score (nSPS) is 11.1. The summed E-state index contributed by atoms with van der Waals surface area (Å²) in [5, 5.41) is 2.13. The van der Waals surface area contributed by atoms with E-state index in [1.165, 1.54) is 6.07 Å². The van der Waals surface area contributed by atoms with Gasteiger partial charge in [-0.3, -0.25) is 4.79 Å². The molecule has 0 aromatic heterocycles. The molecule has 0 saturated heterocycles. The minimum Gasteiger partial charge on any atom is -0.452 e. The Kier molecular flexibility index (Phi) is 6.28. The van der Waals surface area contributed by atoms with E-state index in [0.717, 1.165) is 12.1 Å². The third-order valence-corrected chi connectivity index (χ3v) is 4.27. The maximum Gasteiger partial charge on any atom is 0.416 e. The van der Waals surface area contributed by atoms with Crippen LogP contribution in [0.25, 0.3) is 0 Å². The summed E-state index contributed by atoms with van der Waals surface area (Å²) in [6, 6.07) is 9.14. The van der Waals surface area contributed by atoms with Crippen LogP contribution in [0.3, 0.4) is 0 Å². The van der Waals surface area contributed by atoms with Crippen molar-refractivity contribution >= 4 is 51.8 Å². The summed E-state index contributed by atoms with van der Waals surface area (Å²) in [6.07, 6.45) is -4.57. The molecule has 4 nitrogen and oxygen atoms in total. The Hall–Kier alpha value is -1.81. The summed E-state index contributed by atoms with van der Waals surface area (Å²) in [5.41, 5.74) is -0.886. The van der Waals surface area contributed by atoms with Crippen molar-refractivity contribution in [3.8, 4) is 0 Å². The van der Waals surface area contributed by atoms with Crippen molar-refractivity contribution in [3.05, 3.63) is 62.2 Å². The third-order valence-electron chi connectivity index (χ3n) is 3.00. The summed E-state index contributed by atoms with van der Waals surface area (Å²) in [6.45, 7) is -0.656. The van der Waals surface area contributed by atoms with E-state index >= 15 is 0 Å². The summed E-state index contributed by atoms with van der Waals surface area (Å²) >= 11 is 7.72. The Morgan fingerprint density at radius 2 is 1.84 bits per heavy atom. The number of nitrogens with one attached hydrogen (secondary N) is 1. The van der Waals surface area contributed by atoms with Crippen LogP contribution >= 0.6 is 34.2 Å². The number of hydrogen-bond donors (Lipinski definition) is 1. The molecule has 0 unspecified atom stereocenters. The molecule has 0 spiro atoms. The molecule has 2 rings (SSSR count). The highest BCUT2D eigenvalue weighted by atomic mass is 127. The molecular weight excluding hydrogens is 474 g/mol. The van der Waals surface area contributed by atoms with Crippen molar-refractivity contribution in [2.24, 2.45) is 0 Å². The molecule has 0 fully saturated rings. The molecule has 0 radical (unpaired) electrons. The molecule has 0 heterocycles. The lowest BCUT2D eigenvalue weighted by Gasteiger charge is -2.12. The van der Waals surface area contributed by atoms with Gasteiger partial charge < -0.3 is 10.1 Å². The van der Waals surface area contributed by atoms with E-state index in [4.69, 9.17) is 16.3 Å². The second-order valence-corrected chi connectivity index (χ2v) is 6.37. The fraction of sp³-hybridized carbons (Fsp3) is 0.125. The highest BCUT2D eigenvalue weighted by molar-refractivity contribution is 14.1. The monoisotopic (exact) mass is 483 g/mol. The van der Waals surface area contributed by atoms with Gasteiger partial charge in [-0.2, -0.15) is 13.2 Å². The summed E-state index contributed by atoms with van der Waals surface area (Å²) in [7, 11) is 0. The minimum atomic E-state index is -4.57. The van der Waals surface area contributed by atoms with Crippen molar-refractivity contribution < 1.29 is 27.5 Å². The Morgan fingerprint density at radius 3 is 2.48 bits per heavy atom. The SMILES string of the molecule is O=C(COC(=O)c1ccccc1I)Nc1cc(C(F)(F)F)ccc1Cl. The van der Waals surface area contributed by atoms with Crippen LogP contribution in [0.2, 0.25) is 5.02 Å². The van der Waals surface area contributed by atoms with Crippen LogP contribution in [0.1, 0.15) is 15.9 Å². The van der Waals surface area contributed by atoms with Crippen LogP contribution in [0.5, 0.6) is 0 Å². The zero-order valence-electron chi connectivity index (χ0n) is 12.4. The van der Waals surface area contributed by atoms with Gasteiger partial charge in [0.05, 0.1) is 21.8 Å². The van der Waals surface area contributed by atoms with Crippen LogP contribution < -0.4 is 5.32 Å². The number of rotatable bonds is 4. The van der Waals surface area contributed by atoms with E-state index in [-0.39, 0.29) is 16.3 Å². The summed E-state index contributed by atoms with van der Waals surface area (Å²) in [5.74, 6) is -1.52. The second-order valence-electron chi connectivity index (χ2n) is 4.80. The van der Waals surface area contributed by atoms with Gasteiger partial charge in [-0.05, 0) is 52.9 Å². The number of alkyl halides is 3. The highest BCUT2D eigenvalue weighted by Crippen LogP contribution is 2.33. The van der Waals surface area contributed by atoms with E-state index in [2.05, 4.69) is 5.32 Å². The van der Waals surface area contributed by atoms with Gasteiger partial charge >= 0.3 is 12.1 Å². The van der Waals surface area contributed by atoms with Gasteiger partial charge in [0.25, 0.3) is 5.91 Å². The minimum absolute atomic E-state index is 0.0646. The molecule has 0 bridgehead atoms. The second kappa shape index (κ2) is 8.05. The fourth-order valence-corrected chi connectivity index (χ4v) is 2.59. The maximum atomic E-state index is 12.7. The number of hydrogen-bond acceptors (Lipinski definition) is 3. The maximum absolute atomic E-state index is 12.7. The van der Waals surface area contributed by atoms with Crippen LogP contribution in [-0.2, 0) is 15.7 Å². The molecule has 1 amide bonds. The van der Waals surface area contributed by atoms with Gasteiger partial charge in [0.2, 0.25) is 0 Å². The van der Waals surface area contributed by atoms with Gasteiger partial charge in [-0.1, -0.05) is 23.7 Å². The molecule has 2 aromatic rings. The first kappa shape index (κ1) is 19.5. The molecule has 0 atom stereocenters. The van der Waals surface area contributed by atoms with Crippen molar-refractivity contribution in [3.63, 3.8) is 0 Å². The number of ether oxygens (including phenoxy) is 1. The van der Waals surface area contributed by atoms with Crippen molar-refractivity contribution in [1.82, 2.24) is 0 Å². The van der Waals surface area contributed by atoms with Gasteiger partial charge in [-0.25, -0.2) is 4.79 Å². The van der Waals surface area contributed by atoms with E-state index in [0.29, 0.717) is 9.64 Å². The Labute approximate surface area is 159 Å². The van der Waals surface area contributed by atoms with E-state index < -0.39 is 30.2 Å². The van der Waals surface area contributed by atoms with E-state index in [9.17, 15) is 22.8 Å². The predicted molar refractivity (Wildman–Crippen MR) is 94.5 cm³/mol. The first-order valence-corrected chi connectivity index (χ1v) is 8.22. The number of carbonyl (C=O) groups excluding carboxylic acids is 2. The van der Waals surface area contributed by atoms with Gasteiger partial charge in [0, 0.05) is 3.57 Å². The smallest absolute Gasteiger partial charge is 0.416 e. The van der Waals surface area contributed by atoms with Crippen molar-refractivity contribution in [1.29, 1.82) is 0 Å². The van der Waals surface area contributed by atoms with Crippen LogP contribution in [-0.4, -0.2) is 18.5 Å². The van der Waals surface area contributed by atoms with Gasteiger partial charge in [0.15, 0.2) is 6.61 Å². The summed E-state index contributed by atoms with van der Waals surface area (Å²) in [4.78, 5) is 23.7. The zero-order valence-corrected chi connectivity index (χ0v) is 15.3. The third kappa shape index (κ3) is 5.33. The van der Waals surface area contributed by atoms with Crippen LogP contribution in [0.15, 0.2) is 42.5 Å². The first-order chi connectivity index (χ1) is 11.7. The number of halogens is 5. The van der Waals surface area contributed by atoms with E-state index in [1.807, 2.05) is 22.6 Å². The topological polar surface area (TPSA) is 55.4 Å².